The van der Waals surface area contributed by atoms with Crippen molar-refractivity contribution in [3.63, 3.8) is 0 Å². The Morgan fingerprint density at radius 1 is 1.04 bits per heavy atom. The third-order valence-electron chi connectivity index (χ3n) is 3.53. The topological polar surface area (TPSA) is 38.9 Å². The number of hydrogen-bond donors (Lipinski definition) is 0. The monoisotopic (exact) mass is 328 g/mol. The molecule has 23 heavy (non-hydrogen) atoms. The van der Waals surface area contributed by atoms with Gasteiger partial charge in [-0.05, 0) is 23.6 Å². The molecule has 0 N–H and O–H groups in total. The van der Waals surface area contributed by atoms with E-state index in [9.17, 15) is 4.39 Å². The molecule has 3 rings (SSSR count). The average molecular weight is 328 g/mol. The molecule has 3 aromatic rings. The first-order chi connectivity index (χ1) is 11.3. The van der Waals surface area contributed by atoms with Crippen LogP contribution in [0, 0.1) is 5.82 Å². The number of rotatable bonds is 6. The highest BCUT2D eigenvalue weighted by atomic mass is 32.2. The molecule has 3 nitrogen and oxygen atoms in total. The van der Waals surface area contributed by atoms with Crippen molar-refractivity contribution in [1.29, 1.82) is 0 Å². The molecule has 0 saturated heterocycles. The molecule has 0 amide bonds. The van der Waals surface area contributed by atoms with Crippen LogP contribution >= 0.6 is 11.8 Å². The zero-order valence-corrected chi connectivity index (χ0v) is 13.6. The van der Waals surface area contributed by atoms with Crippen LogP contribution in [0.1, 0.15) is 35.6 Å². The first kappa shape index (κ1) is 15.7. The molecular weight excluding hydrogens is 311 g/mol. The van der Waals surface area contributed by atoms with Gasteiger partial charge in [-0.25, -0.2) is 4.39 Å². The first-order valence-corrected chi connectivity index (χ1v) is 8.41. The molecule has 1 aromatic heterocycles. The van der Waals surface area contributed by atoms with Gasteiger partial charge in [0.15, 0.2) is 0 Å². The molecule has 1 atom stereocenters. The van der Waals surface area contributed by atoms with Gasteiger partial charge in [-0.1, -0.05) is 67.2 Å². The summed E-state index contributed by atoms with van der Waals surface area (Å²) in [4.78, 5) is 0. The van der Waals surface area contributed by atoms with Crippen molar-refractivity contribution >= 4 is 11.8 Å². The molecule has 118 valence electrons. The lowest BCUT2D eigenvalue weighted by Crippen LogP contribution is -1.92. The molecule has 1 unspecified atom stereocenters. The predicted octanol–water partition coefficient (Wildman–Crippen LogP) is 5.04. The summed E-state index contributed by atoms with van der Waals surface area (Å²) in [5.41, 5.74) is 1.79. The fraction of sp³-hybridized carbons (Fsp3) is 0.222. The molecule has 0 aliphatic rings. The number of halogens is 1. The van der Waals surface area contributed by atoms with Crippen LogP contribution in [0.15, 0.2) is 64.2 Å². The van der Waals surface area contributed by atoms with Crippen LogP contribution in [0.2, 0.25) is 0 Å². The minimum absolute atomic E-state index is 0.254. The molecule has 0 spiro atoms. The Labute approximate surface area is 138 Å². The number of hydrogen-bond acceptors (Lipinski definition) is 4. The normalized spacial score (nSPS) is 12.3. The van der Waals surface area contributed by atoms with E-state index < -0.39 is 0 Å². The van der Waals surface area contributed by atoms with Gasteiger partial charge < -0.3 is 4.42 Å². The van der Waals surface area contributed by atoms with Crippen LogP contribution in [0.5, 0.6) is 0 Å². The summed E-state index contributed by atoms with van der Waals surface area (Å²) in [7, 11) is 0. The second kappa shape index (κ2) is 7.42. The van der Waals surface area contributed by atoms with E-state index in [4.69, 9.17) is 4.42 Å². The van der Waals surface area contributed by atoms with E-state index >= 15 is 0 Å². The summed E-state index contributed by atoms with van der Waals surface area (Å²) in [6.45, 7) is 2.13. The van der Waals surface area contributed by atoms with Crippen molar-refractivity contribution in [3.8, 4) is 0 Å². The van der Waals surface area contributed by atoms with Gasteiger partial charge in [0.1, 0.15) is 5.82 Å². The maximum atomic E-state index is 13.7. The van der Waals surface area contributed by atoms with Crippen molar-refractivity contribution in [1.82, 2.24) is 10.2 Å². The van der Waals surface area contributed by atoms with Gasteiger partial charge in [-0.2, -0.15) is 0 Å². The SMILES string of the molecule is CCC(Sc1nnc(Cc2ccccc2F)o1)c1ccccc1. The van der Waals surface area contributed by atoms with Crippen molar-refractivity contribution in [2.75, 3.05) is 0 Å². The summed E-state index contributed by atoms with van der Waals surface area (Å²) in [5, 5.41) is 8.89. The van der Waals surface area contributed by atoms with Gasteiger partial charge in [0.05, 0.1) is 6.42 Å². The lowest BCUT2D eigenvalue weighted by atomic mass is 10.1. The molecule has 0 fully saturated rings. The largest absolute Gasteiger partial charge is 0.416 e. The molecule has 0 saturated carbocycles. The number of benzene rings is 2. The molecule has 5 heteroatoms. The Morgan fingerprint density at radius 3 is 2.52 bits per heavy atom. The summed E-state index contributed by atoms with van der Waals surface area (Å²) in [6.07, 6.45) is 1.27. The molecule has 0 bridgehead atoms. The van der Waals surface area contributed by atoms with Crippen LogP contribution in [0.25, 0.3) is 0 Å². The highest BCUT2D eigenvalue weighted by molar-refractivity contribution is 7.99. The number of aromatic nitrogens is 2. The zero-order chi connectivity index (χ0) is 16.1. The van der Waals surface area contributed by atoms with E-state index in [0.717, 1.165) is 6.42 Å². The van der Waals surface area contributed by atoms with Crippen LogP contribution in [-0.4, -0.2) is 10.2 Å². The smallest absolute Gasteiger partial charge is 0.277 e. The quantitative estimate of drug-likeness (QED) is 0.594. The van der Waals surface area contributed by atoms with E-state index in [2.05, 4.69) is 29.3 Å². The van der Waals surface area contributed by atoms with Crippen molar-refractivity contribution in [2.45, 2.75) is 30.2 Å². The third-order valence-corrected chi connectivity index (χ3v) is 4.79. The number of nitrogens with zero attached hydrogens (tertiary/aromatic N) is 2. The van der Waals surface area contributed by atoms with E-state index in [0.29, 0.717) is 23.1 Å². The van der Waals surface area contributed by atoms with Crippen LogP contribution in [-0.2, 0) is 6.42 Å². The molecule has 0 aliphatic carbocycles. The predicted molar refractivity (Wildman–Crippen MR) is 88.8 cm³/mol. The zero-order valence-electron chi connectivity index (χ0n) is 12.8. The molecule has 1 heterocycles. The van der Waals surface area contributed by atoms with Gasteiger partial charge in [0.25, 0.3) is 5.22 Å². The van der Waals surface area contributed by atoms with Crippen molar-refractivity contribution < 1.29 is 8.81 Å². The van der Waals surface area contributed by atoms with E-state index in [-0.39, 0.29) is 11.1 Å². The average Bonchev–Trinajstić information content (AvgIpc) is 3.03. The Bertz CT molecular complexity index is 760. The van der Waals surface area contributed by atoms with Crippen LogP contribution < -0.4 is 0 Å². The third kappa shape index (κ3) is 3.99. The first-order valence-electron chi connectivity index (χ1n) is 7.53. The van der Waals surface area contributed by atoms with Crippen molar-refractivity contribution in [2.24, 2.45) is 0 Å². The van der Waals surface area contributed by atoms with E-state index in [1.807, 2.05) is 18.2 Å². The minimum Gasteiger partial charge on any atom is -0.416 e. The van der Waals surface area contributed by atoms with Gasteiger partial charge >= 0.3 is 0 Å². The Kier molecular flexibility index (Phi) is 5.08. The fourth-order valence-electron chi connectivity index (χ4n) is 2.34. The second-order valence-electron chi connectivity index (χ2n) is 5.16. The Morgan fingerprint density at radius 2 is 1.78 bits per heavy atom. The standard InChI is InChI=1S/C18H17FN2OS/c1-2-16(13-8-4-3-5-9-13)23-18-21-20-17(22-18)12-14-10-6-7-11-15(14)19/h3-11,16H,2,12H2,1H3. The summed E-state index contributed by atoms with van der Waals surface area (Å²) in [6, 6.07) is 16.9. The fourth-order valence-corrected chi connectivity index (χ4v) is 3.27. The Hall–Kier alpha value is -2.14. The second-order valence-corrected chi connectivity index (χ2v) is 6.31. The molecule has 2 aromatic carbocycles. The Balaban J connectivity index is 1.71. The van der Waals surface area contributed by atoms with Crippen LogP contribution in [0.3, 0.4) is 0 Å². The van der Waals surface area contributed by atoms with E-state index in [1.54, 1.807) is 30.0 Å². The van der Waals surface area contributed by atoms with Crippen molar-refractivity contribution in [3.05, 3.63) is 77.4 Å². The lowest BCUT2D eigenvalue weighted by Gasteiger charge is -2.11. The van der Waals surface area contributed by atoms with Gasteiger partial charge in [-0.15, -0.1) is 10.2 Å². The van der Waals surface area contributed by atoms with Gasteiger partial charge in [-0.3, -0.25) is 0 Å². The lowest BCUT2D eigenvalue weighted by molar-refractivity contribution is 0.417. The molecule has 0 aliphatic heterocycles. The molecule has 0 radical (unpaired) electrons. The van der Waals surface area contributed by atoms with Crippen LogP contribution in [0.4, 0.5) is 4.39 Å². The summed E-state index contributed by atoms with van der Waals surface area (Å²) < 4.78 is 19.3. The number of thioether (sulfide) groups is 1. The maximum absolute atomic E-state index is 13.7. The molecular formula is C18H17FN2OS. The summed E-state index contributed by atoms with van der Waals surface area (Å²) >= 11 is 1.54. The van der Waals surface area contributed by atoms with Gasteiger partial charge in [0.2, 0.25) is 5.89 Å². The maximum Gasteiger partial charge on any atom is 0.277 e. The van der Waals surface area contributed by atoms with E-state index in [1.165, 1.54) is 11.6 Å². The highest BCUT2D eigenvalue weighted by Gasteiger charge is 2.16. The minimum atomic E-state index is -0.254. The van der Waals surface area contributed by atoms with Gasteiger partial charge in [0, 0.05) is 5.25 Å². The highest BCUT2D eigenvalue weighted by Crippen LogP contribution is 2.36. The summed E-state index contributed by atoms with van der Waals surface area (Å²) in [5.74, 6) is 0.177.